The Morgan fingerprint density at radius 2 is 2.17 bits per heavy atom. The maximum absolute atomic E-state index is 11.6. The molecule has 1 aromatic heterocycles. The fourth-order valence-electron chi connectivity index (χ4n) is 1.64. The van der Waals surface area contributed by atoms with Crippen LogP contribution in [0.4, 0.5) is 0 Å². The minimum atomic E-state index is -0.975. The summed E-state index contributed by atoms with van der Waals surface area (Å²) in [5.41, 5.74) is 0. The fraction of sp³-hybridized carbons (Fsp3) is 0.538. The molecule has 0 saturated heterocycles. The highest BCUT2D eigenvalue weighted by Crippen LogP contribution is 2.12. The van der Waals surface area contributed by atoms with Gasteiger partial charge in [-0.05, 0) is 30.2 Å². The summed E-state index contributed by atoms with van der Waals surface area (Å²) in [7, 11) is 0. The van der Waals surface area contributed by atoms with E-state index in [1.54, 1.807) is 25.2 Å². The standard InChI is InChI=1S/C13H19NO3S/c1-9(2)12(13(16)17)14-11(15)7-3-5-10-6-4-8-18-10/h4,6,8-9,12H,3,5,7H2,1-2H3,(H,14,15)(H,16,17). The molecule has 5 heteroatoms. The molecule has 0 aromatic carbocycles. The number of amides is 1. The van der Waals surface area contributed by atoms with Gasteiger partial charge in [0.15, 0.2) is 0 Å². The van der Waals surface area contributed by atoms with Gasteiger partial charge >= 0.3 is 5.97 Å². The van der Waals surface area contributed by atoms with Gasteiger partial charge in [-0.2, -0.15) is 0 Å². The van der Waals surface area contributed by atoms with E-state index < -0.39 is 12.0 Å². The molecule has 0 aliphatic heterocycles. The second-order valence-corrected chi connectivity index (χ2v) is 5.59. The van der Waals surface area contributed by atoms with Crippen LogP contribution < -0.4 is 5.32 Å². The minimum absolute atomic E-state index is 0.108. The van der Waals surface area contributed by atoms with Gasteiger partial charge in [0.25, 0.3) is 0 Å². The Morgan fingerprint density at radius 1 is 1.44 bits per heavy atom. The number of thiophene rings is 1. The van der Waals surface area contributed by atoms with Crippen molar-refractivity contribution in [1.82, 2.24) is 5.32 Å². The maximum atomic E-state index is 11.6. The van der Waals surface area contributed by atoms with Crippen LogP contribution in [-0.2, 0) is 16.0 Å². The van der Waals surface area contributed by atoms with E-state index >= 15 is 0 Å². The van der Waals surface area contributed by atoms with Crippen LogP contribution >= 0.6 is 11.3 Å². The summed E-state index contributed by atoms with van der Waals surface area (Å²) in [5.74, 6) is -1.27. The molecule has 18 heavy (non-hydrogen) atoms. The Morgan fingerprint density at radius 3 is 2.67 bits per heavy atom. The van der Waals surface area contributed by atoms with Crippen LogP contribution in [0.1, 0.15) is 31.6 Å². The molecule has 1 rings (SSSR count). The van der Waals surface area contributed by atoms with Gasteiger partial charge in [-0.25, -0.2) is 4.79 Å². The van der Waals surface area contributed by atoms with Gasteiger partial charge in [-0.15, -0.1) is 11.3 Å². The van der Waals surface area contributed by atoms with Gasteiger partial charge < -0.3 is 10.4 Å². The van der Waals surface area contributed by atoms with E-state index in [0.717, 1.165) is 12.8 Å². The van der Waals surface area contributed by atoms with Gasteiger partial charge in [0, 0.05) is 11.3 Å². The lowest BCUT2D eigenvalue weighted by Crippen LogP contribution is -2.44. The first-order valence-corrected chi connectivity index (χ1v) is 6.93. The summed E-state index contributed by atoms with van der Waals surface area (Å²) in [4.78, 5) is 23.8. The molecule has 0 saturated carbocycles. The summed E-state index contributed by atoms with van der Waals surface area (Å²) in [6.07, 6.45) is 1.98. The molecule has 0 radical (unpaired) electrons. The zero-order chi connectivity index (χ0) is 13.5. The number of aryl methyl sites for hydroxylation is 1. The molecule has 4 nitrogen and oxygen atoms in total. The number of carbonyl (C=O) groups is 2. The van der Waals surface area contributed by atoms with E-state index in [2.05, 4.69) is 5.32 Å². The van der Waals surface area contributed by atoms with Crippen molar-refractivity contribution in [2.45, 2.75) is 39.2 Å². The van der Waals surface area contributed by atoms with Gasteiger partial charge in [0.05, 0.1) is 0 Å². The second-order valence-electron chi connectivity index (χ2n) is 4.56. The lowest BCUT2D eigenvalue weighted by atomic mass is 10.0. The number of carboxylic acid groups (broad SMARTS) is 1. The third kappa shape index (κ3) is 4.87. The predicted octanol–water partition coefficient (Wildman–Crippen LogP) is 2.30. The van der Waals surface area contributed by atoms with Crippen LogP contribution in [0, 0.1) is 5.92 Å². The van der Waals surface area contributed by atoms with Crippen LogP contribution in [0.2, 0.25) is 0 Å². The average Bonchev–Trinajstić information content (AvgIpc) is 2.78. The fourth-order valence-corrected chi connectivity index (χ4v) is 2.39. The average molecular weight is 269 g/mol. The lowest BCUT2D eigenvalue weighted by molar-refractivity contribution is -0.143. The van der Waals surface area contributed by atoms with Crippen molar-refractivity contribution in [3.05, 3.63) is 22.4 Å². The van der Waals surface area contributed by atoms with Crippen molar-refractivity contribution in [3.8, 4) is 0 Å². The Balaban J connectivity index is 2.30. The topological polar surface area (TPSA) is 66.4 Å². The Bertz CT molecular complexity index is 387. The number of nitrogens with one attached hydrogen (secondary N) is 1. The highest BCUT2D eigenvalue weighted by atomic mass is 32.1. The summed E-state index contributed by atoms with van der Waals surface area (Å²) >= 11 is 1.67. The lowest BCUT2D eigenvalue weighted by Gasteiger charge is -2.17. The van der Waals surface area contributed by atoms with E-state index in [4.69, 9.17) is 5.11 Å². The molecule has 0 fully saturated rings. The first-order valence-electron chi connectivity index (χ1n) is 6.05. The van der Waals surface area contributed by atoms with Crippen molar-refractivity contribution >= 4 is 23.2 Å². The molecule has 100 valence electrons. The zero-order valence-electron chi connectivity index (χ0n) is 10.7. The molecule has 1 atom stereocenters. The smallest absolute Gasteiger partial charge is 0.326 e. The van der Waals surface area contributed by atoms with Gasteiger partial charge in [-0.1, -0.05) is 19.9 Å². The summed E-state index contributed by atoms with van der Waals surface area (Å²) < 4.78 is 0. The van der Waals surface area contributed by atoms with E-state index in [9.17, 15) is 9.59 Å². The first kappa shape index (κ1) is 14.7. The summed E-state index contributed by atoms with van der Waals surface area (Å²) in [6.45, 7) is 3.56. The van der Waals surface area contributed by atoms with Crippen LogP contribution in [0.5, 0.6) is 0 Å². The molecule has 0 aliphatic rings. The monoisotopic (exact) mass is 269 g/mol. The zero-order valence-corrected chi connectivity index (χ0v) is 11.5. The molecular formula is C13H19NO3S. The molecule has 2 N–H and O–H groups in total. The molecular weight excluding hydrogens is 250 g/mol. The molecule has 1 aromatic rings. The summed E-state index contributed by atoms with van der Waals surface area (Å²) in [5, 5.41) is 13.5. The molecule has 1 amide bonds. The number of hydrogen-bond donors (Lipinski definition) is 2. The maximum Gasteiger partial charge on any atom is 0.326 e. The van der Waals surface area contributed by atoms with E-state index in [1.807, 2.05) is 17.5 Å². The van der Waals surface area contributed by atoms with Crippen LogP contribution in [0.15, 0.2) is 17.5 Å². The largest absolute Gasteiger partial charge is 0.480 e. The number of carbonyl (C=O) groups excluding carboxylic acids is 1. The van der Waals surface area contributed by atoms with Crippen molar-refractivity contribution in [2.24, 2.45) is 5.92 Å². The van der Waals surface area contributed by atoms with Crippen molar-refractivity contribution < 1.29 is 14.7 Å². The third-order valence-corrected chi connectivity index (χ3v) is 3.59. The van der Waals surface area contributed by atoms with Crippen LogP contribution in [0.25, 0.3) is 0 Å². The van der Waals surface area contributed by atoms with Crippen molar-refractivity contribution in [2.75, 3.05) is 0 Å². The summed E-state index contributed by atoms with van der Waals surface area (Å²) in [6, 6.07) is 3.23. The SMILES string of the molecule is CC(C)C(NC(=O)CCCc1cccs1)C(=O)O. The minimum Gasteiger partial charge on any atom is -0.480 e. The Labute approximate surface area is 111 Å². The number of aliphatic carboxylic acids is 1. The second kappa shape index (κ2) is 7.16. The highest BCUT2D eigenvalue weighted by Gasteiger charge is 2.22. The van der Waals surface area contributed by atoms with Crippen molar-refractivity contribution in [3.63, 3.8) is 0 Å². The number of hydrogen-bond acceptors (Lipinski definition) is 3. The van der Waals surface area contributed by atoms with Gasteiger partial charge in [0.2, 0.25) is 5.91 Å². The number of rotatable bonds is 7. The van der Waals surface area contributed by atoms with Crippen molar-refractivity contribution in [1.29, 1.82) is 0 Å². The highest BCUT2D eigenvalue weighted by molar-refractivity contribution is 7.09. The first-order chi connectivity index (χ1) is 8.50. The Hall–Kier alpha value is -1.36. The molecule has 0 aliphatic carbocycles. The Kier molecular flexibility index (Phi) is 5.85. The third-order valence-electron chi connectivity index (χ3n) is 2.66. The van der Waals surface area contributed by atoms with Gasteiger partial charge in [0.1, 0.15) is 6.04 Å². The van der Waals surface area contributed by atoms with Crippen LogP contribution in [-0.4, -0.2) is 23.0 Å². The van der Waals surface area contributed by atoms with Crippen LogP contribution in [0.3, 0.4) is 0 Å². The quantitative estimate of drug-likeness (QED) is 0.798. The molecule has 1 heterocycles. The predicted molar refractivity (Wildman–Crippen MR) is 71.7 cm³/mol. The van der Waals surface area contributed by atoms with E-state index in [-0.39, 0.29) is 11.8 Å². The van der Waals surface area contributed by atoms with E-state index in [1.165, 1.54) is 4.88 Å². The molecule has 1 unspecified atom stereocenters. The normalized spacial score (nSPS) is 12.4. The molecule has 0 spiro atoms. The van der Waals surface area contributed by atoms with Gasteiger partial charge in [-0.3, -0.25) is 4.79 Å². The number of carboxylic acids is 1. The van der Waals surface area contributed by atoms with E-state index in [0.29, 0.717) is 6.42 Å². The molecule has 0 bridgehead atoms.